The van der Waals surface area contributed by atoms with Gasteiger partial charge in [-0.1, -0.05) is 12.1 Å². The SMILES string of the molecule is CN(Cc1ccncc1)C(=O)/C=C/c1ccc(NS(C)(=O)=O)cc1. The first-order valence-electron chi connectivity index (χ1n) is 7.23. The van der Waals surface area contributed by atoms with Crippen LogP contribution in [0, 0.1) is 0 Å². The second-order valence-corrected chi connectivity index (χ2v) is 7.13. The second kappa shape index (κ2) is 7.74. The predicted molar refractivity (Wildman–Crippen MR) is 94.7 cm³/mol. The molecule has 0 saturated carbocycles. The van der Waals surface area contributed by atoms with E-state index in [1.54, 1.807) is 54.7 Å². The molecule has 1 amide bonds. The number of pyridine rings is 1. The van der Waals surface area contributed by atoms with Gasteiger partial charge in [0.25, 0.3) is 0 Å². The van der Waals surface area contributed by atoms with Crippen molar-refractivity contribution in [1.29, 1.82) is 0 Å². The van der Waals surface area contributed by atoms with Crippen molar-refractivity contribution in [2.45, 2.75) is 6.54 Å². The highest BCUT2D eigenvalue weighted by Crippen LogP contribution is 2.12. The number of hydrogen-bond donors (Lipinski definition) is 1. The summed E-state index contributed by atoms with van der Waals surface area (Å²) in [5, 5.41) is 0. The minimum absolute atomic E-state index is 0.120. The van der Waals surface area contributed by atoms with Crippen molar-refractivity contribution in [3.05, 3.63) is 66.0 Å². The van der Waals surface area contributed by atoms with E-state index in [0.29, 0.717) is 12.2 Å². The Hall–Kier alpha value is -2.67. The Kier molecular flexibility index (Phi) is 5.70. The van der Waals surface area contributed by atoms with Gasteiger partial charge in [-0.05, 0) is 41.5 Å². The second-order valence-electron chi connectivity index (χ2n) is 5.38. The molecule has 0 unspecified atom stereocenters. The lowest BCUT2D eigenvalue weighted by atomic mass is 10.2. The first-order valence-corrected chi connectivity index (χ1v) is 9.12. The Balaban J connectivity index is 1.95. The number of aromatic nitrogens is 1. The summed E-state index contributed by atoms with van der Waals surface area (Å²) in [6.07, 6.45) is 7.65. The Labute approximate surface area is 141 Å². The van der Waals surface area contributed by atoms with Gasteiger partial charge in [0.1, 0.15) is 0 Å². The van der Waals surface area contributed by atoms with Gasteiger partial charge in [0.05, 0.1) is 6.26 Å². The smallest absolute Gasteiger partial charge is 0.246 e. The number of rotatable bonds is 6. The number of benzene rings is 1. The van der Waals surface area contributed by atoms with E-state index < -0.39 is 10.0 Å². The number of sulfonamides is 1. The fourth-order valence-electron chi connectivity index (χ4n) is 2.01. The van der Waals surface area contributed by atoms with Crippen LogP contribution in [0.2, 0.25) is 0 Å². The van der Waals surface area contributed by atoms with Gasteiger partial charge in [0, 0.05) is 37.7 Å². The molecule has 0 aliphatic carbocycles. The molecule has 0 bridgehead atoms. The van der Waals surface area contributed by atoms with Crippen LogP contribution in [0.15, 0.2) is 54.9 Å². The number of likely N-dealkylation sites (N-methyl/N-ethyl adjacent to an activating group) is 1. The fraction of sp³-hybridized carbons (Fsp3) is 0.176. The molecule has 0 radical (unpaired) electrons. The fourth-order valence-corrected chi connectivity index (χ4v) is 2.58. The summed E-state index contributed by atoms with van der Waals surface area (Å²) in [6.45, 7) is 0.503. The highest BCUT2D eigenvalue weighted by Gasteiger charge is 2.05. The van der Waals surface area contributed by atoms with E-state index in [1.165, 1.54) is 6.08 Å². The first-order chi connectivity index (χ1) is 11.3. The molecule has 7 heteroatoms. The largest absolute Gasteiger partial charge is 0.338 e. The summed E-state index contributed by atoms with van der Waals surface area (Å²) in [5.41, 5.74) is 2.29. The van der Waals surface area contributed by atoms with Gasteiger partial charge in [-0.2, -0.15) is 0 Å². The predicted octanol–water partition coefficient (Wildman–Crippen LogP) is 2.12. The number of carbonyl (C=O) groups is 1. The van der Waals surface area contributed by atoms with Crippen LogP contribution in [0.5, 0.6) is 0 Å². The van der Waals surface area contributed by atoms with Gasteiger partial charge in [-0.3, -0.25) is 14.5 Å². The molecule has 24 heavy (non-hydrogen) atoms. The molecule has 0 fully saturated rings. The van der Waals surface area contributed by atoms with Gasteiger partial charge < -0.3 is 4.90 Å². The van der Waals surface area contributed by atoms with E-state index in [4.69, 9.17) is 0 Å². The van der Waals surface area contributed by atoms with Gasteiger partial charge in [0.15, 0.2) is 0 Å². The van der Waals surface area contributed by atoms with Gasteiger partial charge in [-0.25, -0.2) is 8.42 Å². The van der Waals surface area contributed by atoms with E-state index in [1.807, 2.05) is 12.1 Å². The van der Waals surface area contributed by atoms with Crippen LogP contribution in [0.25, 0.3) is 6.08 Å². The molecule has 1 aromatic heterocycles. The lowest BCUT2D eigenvalue weighted by molar-refractivity contribution is -0.125. The summed E-state index contributed by atoms with van der Waals surface area (Å²) in [4.78, 5) is 17.7. The van der Waals surface area contributed by atoms with Crippen LogP contribution in [0.1, 0.15) is 11.1 Å². The van der Waals surface area contributed by atoms with Gasteiger partial charge in [-0.15, -0.1) is 0 Å². The number of amides is 1. The molecule has 0 saturated heterocycles. The third-order valence-electron chi connectivity index (χ3n) is 3.18. The maximum Gasteiger partial charge on any atom is 0.246 e. The zero-order valence-corrected chi connectivity index (χ0v) is 14.3. The minimum atomic E-state index is -3.29. The average molecular weight is 345 g/mol. The summed E-state index contributed by atoms with van der Waals surface area (Å²) < 4.78 is 24.7. The highest BCUT2D eigenvalue weighted by molar-refractivity contribution is 7.92. The number of nitrogens with zero attached hydrogens (tertiary/aromatic N) is 2. The van der Waals surface area contributed by atoms with Crippen LogP contribution in [-0.4, -0.2) is 37.5 Å². The monoisotopic (exact) mass is 345 g/mol. The standard InChI is InChI=1S/C17H19N3O3S/c1-20(13-15-9-11-18-12-10-15)17(21)8-5-14-3-6-16(7-4-14)19-24(2,22)23/h3-12,19H,13H2,1-2H3/b8-5+. The Morgan fingerprint density at radius 1 is 1.17 bits per heavy atom. The van der Waals surface area contributed by atoms with Crippen molar-refractivity contribution >= 4 is 27.7 Å². The summed E-state index contributed by atoms with van der Waals surface area (Å²) >= 11 is 0. The topological polar surface area (TPSA) is 79.4 Å². The maximum absolute atomic E-state index is 12.1. The molecule has 2 rings (SSSR count). The van der Waals surface area contributed by atoms with E-state index >= 15 is 0 Å². The number of hydrogen-bond acceptors (Lipinski definition) is 4. The summed E-state index contributed by atoms with van der Waals surface area (Å²) in [7, 11) is -1.56. The van der Waals surface area contributed by atoms with Crippen LogP contribution in [-0.2, 0) is 21.4 Å². The summed E-state index contributed by atoms with van der Waals surface area (Å²) in [5.74, 6) is -0.120. The molecule has 1 N–H and O–H groups in total. The molecular formula is C17H19N3O3S. The van der Waals surface area contributed by atoms with Crippen molar-refractivity contribution in [2.75, 3.05) is 18.0 Å². The van der Waals surface area contributed by atoms with Crippen LogP contribution < -0.4 is 4.72 Å². The number of anilines is 1. The average Bonchev–Trinajstić information content (AvgIpc) is 2.53. The Morgan fingerprint density at radius 2 is 1.79 bits per heavy atom. The van der Waals surface area contributed by atoms with Crippen molar-refractivity contribution in [3.63, 3.8) is 0 Å². The molecule has 1 heterocycles. The number of nitrogens with one attached hydrogen (secondary N) is 1. The van der Waals surface area contributed by atoms with E-state index in [-0.39, 0.29) is 5.91 Å². The molecule has 0 aliphatic heterocycles. The van der Waals surface area contributed by atoms with Crippen molar-refractivity contribution in [2.24, 2.45) is 0 Å². The van der Waals surface area contributed by atoms with Crippen molar-refractivity contribution in [3.8, 4) is 0 Å². The molecule has 1 aromatic carbocycles. The molecule has 126 valence electrons. The first kappa shape index (κ1) is 17.7. The molecule has 6 nitrogen and oxygen atoms in total. The minimum Gasteiger partial charge on any atom is -0.338 e. The zero-order valence-electron chi connectivity index (χ0n) is 13.5. The quantitative estimate of drug-likeness (QED) is 0.814. The Bertz CT molecular complexity index is 816. The van der Waals surface area contributed by atoms with Crippen LogP contribution in [0.4, 0.5) is 5.69 Å². The molecule has 0 atom stereocenters. The molecule has 0 spiro atoms. The molecule has 0 aliphatic rings. The Morgan fingerprint density at radius 3 is 2.38 bits per heavy atom. The maximum atomic E-state index is 12.1. The molecule has 2 aromatic rings. The lowest BCUT2D eigenvalue weighted by Crippen LogP contribution is -2.24. The normalized spacial score (nSPS) is 11.4. The lowest BCUT2D eigenvalue weighted by Gasteiger charge is -2.14. The van der Waals surface area contributed by atoms with Gasteiger partial charge >= 0.3 is 0 Å². The van der Waals surface area contributed by atoms with Crippen molar-refractivity contribution < 1.29 is 13.2 Å². The summed E-state index contributed by atoms with van der Waals surface area (Å²) in [6, 6.07) is 10.5. The van der Waals surface area contributed by atoms with E-state index in [2.05, 4.69) is 9.71 Å². The third-order valence-corrected chi connectivity index (χ3v) is 3.78. The van der Waals surface area contributed by atoms with E-state index in [9.17, 15) is 13.2 Å². The van der Waals surface area contributed by atoms with Crippen LogP contribution >= 0.6 is 0 Å². The molecular weight excluding hydrogens is 326 g/mol. The number of carbonyl (C=O) groups excluding carboxylic acids is 1. The van der Waals surface area contributed by atoms with Gasteiger partial charge in [0.2, 0.25) is 15.9 Å². The zero-order chi connectivity index (χ0) is 17.6. The van der Waals surface area contributed by atoms with Crippen molar-refractivity contribution in [1.82, 2.24) is 9.88 Å². The van der Waals surface area contributed by atoms with E-state index in [0.717, 1.165) is 17.4 Å². The third kappa shape index (κ3) is 5.85. The van der Waals surface area contributed by atoms with Crippen LogP contribution in [0.3, 0.4) is 0 Å². The highest BCUT2D eigenvalue weighted by atomic mass is 32.2.